The fraction of sp³-hybridized carbons (Fsp3) is 0.632. The first-order chi connectivity index (χ1) is 12.0. The van der Waals surface area contributed by atoms with E-state index in [1.54, 1.807) is 21.3 Å². The van der Waals surface area contributed by atoms with Crippen molar-refractivity contribution < 1.29 is 19.0 Å². The Morgan fingerprint density at radius 1 is 1.12 bits per heavy atom. The molecule has 0 unspecified atom stereocenters. The van der Waals surface area contributed by atoms with Crippen molar-refractivity contribution >= 4 is 5.91 Å². The van der Waals surface area contributed by atoms with Crippen molar-refractivity contribution in [3.63, 3.8) is 0 Å². The Kier molecular flexibility index (Phi) is 6.93. The van der Waals surface area contributed by atoms with Gasteiger partial charge in [-0.3, -0.25) is 4.79 Å². The molecule has 0 saturated carbocycles. The lowest BCUT2D eigenvalue weighted by Crippen LogP contribution is -2.45. The molecule has 6 nitrogen and oxygen atoms in total. The summed E-state index contributed by atoms with van der Waals surface area (Å²) in [5.74, 6) is 1.80. The van der Waals surface area contributed by atoms with Crippen LogP contribution in [0.4, 0.5) is 0 Å². The van der Waals surface area contributed by atoms with Gasteiger partial charge in [-0.15, -0.1) is 0 Å². The van der Waals surface area contributed by atoms with Crippen LogP contribution in [0.15, 0.2) is 12.1 Å². The van der Waals surface area contributed by atoms with Gasteiger partial charge in [0.2, 0.25) is 11.7 Å². The second kappa shape index (κ2) is 8.94. The highest BCUT2D eigenvalue weighted by Crippen LogP contribution is 2.38. The van der Waals surface area contributed by atoms with Gasteiger partial charge in [0.25, 0.3) is 0 Å². The predicted octanol–water partition coefficient (Wildman–Crippen LogP) is 2.20. The summed E-state index contributed by atoms with van der Waals surface area (Å²) in [5.41, 5.74) is 0.859. The van der Waals surface area contributed by atoms with Crippen molar-refractivity contribution in [2.45, 2.75) is 32.2 Å². The number of hydrogen-bond acceptors (Lipinski definition) is 5. The summed E-state index contributed by atoms with van der Waals surface area (Å²) >= 11 is 0. The van der Waals surface area contributed by atoms with Crippen molar-refractivity contribution in [1.29, 1.82) is 0 Å². The molecule has 0 spiro atoms. The largest absolute Gasteiger partial charge is 0.493 e. The van der Waals surface area contributed by atoms with E-state index in [0.29, 0.717) is 29.7 Å². The molecule has 1 heterocycles. The summed E-state index contributed by atoms with van der Waals surface area (Å²) in [7, 11) is 6.64. The zero-order valence-electron chi connectivity index (χ0n) is 16.0. The molecule has 1 fully saturated rings. The fourth-order valence-electron chi connectivity index (χ4n) is 3.36. The molecule has 0 atom stereocenters. The number of piperidine rings is 1. The van der Waals surface area contributed by atoms with Crippen molar-refractivity contribution in [2.24, 2.45) is 0 Å². The first-order valence-corrected chi connectivity index (χ1v) is 8.80. The van der Waals surface area contributed by atoms with E-state index < -0.39 is 0 Å². The third-order valence-corrected chi connectivity index (χ3v) is 5.03. The summed E-state index contributed by atoms with van der Waals surface area (Å²) in [6.07, 6.45) is 2.39. The molecule has 1 aromatic rings. The number of likely N-dealkylation sites (N-methyl/N-ethyl adjacent to an activating group) is 1. The number of amides is 1. The summed E-state index contributed by atoms with van der Waals surface area (Å²) in [6, 6.07) is 4.00. The average molecular weight is 350 g/mol. The van der Waals surface area contributed by atoms with Crippen molar-refractivity contribution in [1.82, 2.24) is 9.80 Å². The predicted molar refractivity (Wildman–Crippen MR) is 97.7 cm³/mol. The Morgan fingerprint density at radius 3 is 2.12 bits per heavy atom. The molecular weight excluding hydrogens is 320 g/mol. The summed E-state index contributed by atoms with van der Waals surface area (Å²) < 4.78 is 16.1. The van der Waals surface area contributed by atoms with E-state index in [1.165, 1.54) is 0 Å². The lowest BCUT2D eigenvalue weighted by Gasteiger charge is -2.36. The smallest absolute Gasteiger partial charge is 0.226 e. The van der Waals surface area contributed by atoms with Gasteiger partial charge >= 0.3 is 0 Å². The number of ether oxygens (including phenoxy) is 3. The topological polar surface area (TPSA) is 51.2 Å². The van der Waals surface area contributed by atoms with Crippen LogP contribution in [0.1, 0.15) is 25.3 Å². The Labute approximate surface area is 150 Å². The average Bonchev–Trinajstić information content (AvgIpc) is 2.66. The van der Waals surface area contributed by atoms with Crippen LogP contribution in [0.2, 0.25) is 0 Å². The molecule has 0 aliphatic carbocycles. The van der Waals surface area contributed by atoms with E-state index in [2.05, 4.69) is 11.8 Å². The van der Waals surface area contributed by atoms with Gasteiger partial charge in [0.15, 0.2) is 11.5 Å². The molecule has 6 heteroatoms. The first kappa shape index (κ1) is 19.4. The third-order valence-electron chi connectivity index (χ3n) is 5.03. The fourth-order valence-corrected chi connectivity index (χ4v) is 3.36. The SMILES string of the molecule is CCN1CCC(N(C)C(=O)Cc2cc(OC)c(OC)c(OC)c2)CC1. The maximum Gasteiger partial charge on any atom is 0.226 e. The number of hydrogen-bond donors (Lipinski definition) is 0. The molecule has 0 bridgehead atoms. The van der Waals surface area contributed by atoms with Gasteiger partial charge in [0.05, 0.1) is 27.8 Å². The van der Waals surface area contributed by atoms with Crippen molar-refractivity contribution in [2.75, 3.05) is 48.0 Å². The van der Waals surface area contributed by atoms with Crippen LogP contribution in [0.25, 0.3) is 0 Å². The highest BCUT2D eigenvalue weighted by molar-refractivity contribution is 5.79. The van der Waals surface area contributed by atoms with E-state index in [-0.39, 0.29) is 5.91 Å². The van der Waals surface area contributed by atoms with E-state index in [0.717, 1.165) is 38.0 Å². The number of carbonyl (C=O) groups excluding carboxylic acids is 1. The normalized spacial score (nSPS) is 15.7. The monoisotopic (exact) mass is 350 g/mol. The quantitative estimate of drug-likeness (QED) is 0.755. The van der Waals surface area contributed by atoms with Gasteiger partial charge in [-0.05, 0) is 37.1 Å². The van der Waals surface area contributed by atoms with Crippen molar-refractivity contribution in [3.8, 4) is 17.2 Å². The van der Waals surface area contributed by atoms with Crippen LogP contribution in [-0.4, -0.2) is 69.8 Å². The molecule has 1 aromatic carbocycles. The van der Waals surface area contributed by atoms with E-state index in [9.17, 15) is 4.79 Å². The minimum atomic E-state index is 0.115. The van der Waals surface area contributed by atoms with E-state index in [4.69, 9.17) is 14.2 Å². The van der Waals surface area contributed by atoms with Crippen LogP contribution < -0.4 is 14.2 Å². The molecule has 0 N–H and O–H groups in total. The lowest BCUT2D eigenvalue weighted by atomic mass is 10.0. The van der Waals surface area contributed by atoms with Crippen LogP contribution in [-0.2, 0) is 11.2 Å². The number of rotatable bonds is 7. The van der Waals surface area contributed by atoms with E-state index in [1.807, 2.05) is 24.1 Å². The number of nitrogens with zero attached hydrogens (tertiary/aromatic N) is 2. The second-order valence-electron chi connectivity index (χ2n) is 6.38. The van der Waals surface area contributed by atoms with Gasteiger partial charge in [-0.1, -0.05) is 6.92 Å². The number of carbonyl (C=O) groups is 1. The Bertz CT molecular complexity index is 558. The molecule has 2 rings (SSSR count). The number of benzene rings is 1. The third kappa shape index (κ3) is 4.57. The van der Waals surface area contributed by atoms with Crippen molar-refractivity contribution in [3.05, 3.63) is 17.7 Å². The second-order valence-corrected chi connectivity index (χ2v) is 6.38. The molecule has 1 aliphatic rings. The van der Waals surface area contributed by atoms with E-state index >= 15 is 0 Å². The van der Waals surface area contributed by atoms with Gasteiger partial charge in [-0.25, -0.2) is 0 Å². The standard InChI is InChI=1S/C19H30N2O4/c1-6-21-9-7-15(8-10-21)20(2)18(22)13-14-11-16(23-3)19(25-5)17(12-14)24-4/h11-12,15H,6-10,13H2,1-5H3. The van der Waals surface area contributed by atoms with Gasteiger partial charge < -0.3 is 24.0 Å². The Balaban J connectivity index is 2.07. The maximum atomic E-state index is 12.7. The summed E-state index contributed by atoms with van der Waals surface area (Å²) in [5, 5.41) is 0. The first-order valence-electron chi connectivity index (χ1n) is 8.80. The van der Waals surface area contributed by atoms with Crippen LogP contribution in [0, 0.1) is 0 Å². The molecular formula is C19H30N2O4. The zero-order valence-corrected chi connectivity index (χ0v) is 16.0. The van der Waals surface area contributed by atoms with Crippen LogP contribution in [0.5, 0.6) is 17.2 Å². The lowest BCUT2D eigenvalue weighted by molar-refractivity contribution is -0.132. The molecule has 1 aliphatic heterocycles. The summed E-state index contributed by atoms with van der Waals surface area (Å²) in [6.45, 7) is 5.38. The van der Waals surface area contributed by atoms with Crippen LogP contribution in [0.3, 0.4) is 0 Å². The zero-order chi connectivity index (χ0) is 18.4. The highest BCUT2D eigenvalue weighted by Gasteiger charge is 2.25. The summed E-state index contributed by atoms with van der Waals surface area (Å²) in [4.78, 5) is 17.0. The van der Waals surface area contributed by atoms with Gasteiger partial charge in [0, 0.05) is 26.2 Å². The Morgan fingerprint density at radius 2 is 1.68 bits per heavy atom. The molecule has 25 heavy (non-hydrogen) atoms. The van der Waals surface area contributed by atoms with Crippen LogP contribution >= 0.6 is 0 Å². The molecule has 140 valence electrons. The molecule has 1 saturated heterocycles. The Hall–Kier alpha value is -1.95. The van der Waals surface area contributed by atoms with Gasteiger partial charge in [0.1, 0.15) is 0 Å². The van der Waals surface area contributed by atoms with Gasteiger partial charge in [-0.2, -0.15) is 0 Å². The molecule has 0 radical (unpaired) electrons. The minimum Gasteiger partial charge on any atom is -0.493 e. The molecule has 1 amide bonds. The maximum absolute atomic E-state index is 12.7. The number of likely N-dealkylation sites (tertiary alicyclic amines) is 1. The number of methoxy groups -OCH3 is 3. The molecule has 0 aromatic heterocycles. The highest BCUT2D eigenvalue weighted by atomic mass is 16.5. The minimum absolute atomic E-state index is 0.115.